The predicted molar refractivity (Wildman–Crippen MR) is 106 cm³/mol. The van der Waals surface area contributed by atoms with Crippen molar-refractivity contribution in [2.75, 3.05) is 39.8 Å². The second-order valence-corrected chi connectivity index (χ2v) is 6.67. The van der Waals surface area contributed by atoms with Crippen molar-refractivity contribution >= 4 is 28.8 Å². The Kier molecular flexibility index (Phi) is 5.55. The van der Waals surface area contributed by atoms with E-state index in [1.807, 2.05) is 13.0 Å². The Hall–Kier alpha value is -2.12. The first-order chi connectivity index (χ1) is 12.1. The summed E-state index contributed by atoms with van der Waals surface area (Å²) in [6, 6.07) is 4.00. The Morgan fingerprint density at radius 2 is 2.08 bits per heavy atom. The molecule has 1 N–H and O–H groups in total. The maximum absolute atomic E-state index is 5.52. The van der Waals surface area contributed by atoms with Gasteiger partial charge in [0.05, 0.1) is 11.4 Å². The van der Waals surface area contributed by atoms with Gasteiger partial charge in [-0.25, -0.2) is 0 Å². The van der Waals surface area contributed by atoms with Gasteiger partial charge in [0.2, 0.25) is 0 Å². The van der Waals surface area contributed by atoms with Crippen molar-refractivity contribution in [3.8, 4) is 0 Å². The van der Waals surface area contributed by atoms with E-state index in [0.717, 1.165) is 60.9 Å². The van der Waals surface area contributed by atoms with Crippen LogP contribution in [0.5, 0.6) is 0 Å². The van der Waals surface area contributed by atoms with Crippen molar-refractivity contribution in [1.82, 2.24) is 20.2 Å². The third-order valence-corrected chi connectivity index (χ3v) is 4.80. The van der Waals surface area contributed by atoms with Gasteiger partial charge in [-0.05, 0) is 43.4 Å². The first-order valence-electron chi connectivity index (χ1n) is 8.58. The van der Waals surface area contributed by atoms with Gasteiger partial charge in [-0.2, -0.15) is 5.10 Å². The van der Waals surface area contributed by atoms with Crippen LogP contribution in [-0.4, -0.2) is 71.1 Å². The van der Waals surface area contributed by atoms with Crippen molar-refractivity contribution in [3.63, 3.8) is 0 Å². The minimum Gasteiger partial charge on any atom is -0.345 e. The van der Waals surface area contributed by atoms with Crippen LogP contribution in [-0.2, 0) is 6.42 Å². The Labute approximate surface area is 154 Å². The molecule has 0 saturated carbocycles. The lowest BCUT2D eigenvalue weighted by Gasteiger charge is -2.33. The van der Waals surface area contributed by atoms with E-state index < -0.39 is 0 Å². The van der Waals surface area contributed by atoms with Crippen molar-refractivity contribution in [1.29, 1.82) is 0 Å². The lowest BCUT2D eigenvalue weighted by Crippen LogP contribution is -2.49. The Morgan fingerprint density at radius 3 is 2.80 bits per heavy atom. The molecule has 7 heteroatoms. The Bertz CT molecular complexity index is 731. The molecule has 1 aliphatic heterocycles. The third kappa shape index (κ3) is 3.93. The highest BCUT2D eigenvalue weighted by molar-refractivity contribution is 7.80. The molecule has 2 aliphatic rings. The van der Waals surface area contributed by atoms with Crippen LogP contribution in [0.4, 0.5) is 0 Å². The molecule has 0 bridgehead atoms. The molecule has 2 heterocycles. The molecule has 1 aromatic rings. The molecule has 1 saturated heterocycles. The number of nitrogens with zero attached hydrogens (tertiary/aromatic N) is 5. The van der Waals surface area contributed by atoms with Gasteiger partial charge < -0.3 is 9.80 Å². The van der Waals surface area contributed by atoms with Gasteiger partial charge in [-0.3, -0.25) is 15.4 Å². The summed E-state index contributed by atoms with van der Waals surface area (Å²) < 4.78 is 0. The molecule has 0 aromatic carbocycles. The van der Waals surface area contributed by atoms with Gasteiger partial charge >= 0.3 is 0 Å². The number of allylic oxidation sites excluding steroid dienone is 1. The summed E-state index contributed by atoms with van der Waals surface area (Å²) >= 11 is 5.52. The second-order valence-electron chi connectivity index (χ2n) is 6.28. The smallest absolute Gasteiger partial charge is 0.189 e. The molecular weight excluding hydrogens is 332 g/mol. The van der Waals surface area contributed by atoms with Crippen LogP contribution >= 0.6 is 12.2 Å². The normalized spacial score (nSPS) is 21.5. The van der Waals surface area contributed by atoms with E-state index in [9.17, 15) is 0 Å². The summed E-state index contributed by atoms with van der Waals surface area (Å²) in [5.74, 6) is 0. The summed E-state index contributed by atoms with van der Waals surface area (Å²) in [6.45, 7) is 10.7. The number of thiocarbonyl (C=S) groups is 1. The zero-order valence-electron chi connectivity index (χ0n) is 14.8. The molecular formula is C18H24N6S. The lowest BCUT2D eigenvalue weighted by molar-refractivity contribution is 0.214. The number of fused-ring (bicyclic) bond motifs is 1. The van der Waals surface area contributed by atoms with Crippen LogP contribution in [0.15, 0.2) is 40.6 Å². The van der Waals surface area contributed by atoms with Crippen LogP contribution in [0.25, 0.3) is 0 Å². The van der Waals surface area contributed by atoms with Crippen molar-refractivity contribution < 1.29 is 0 Å². The maximum atomic E-state index is 5.52. The van der Waals surface area contributed by atoms with Gasteiger partial charge in [0.25, 0.3) is 0 Å². The molecule has 0 amide bonds. The monoisotopic (exact) mass is 356 g/mol. The van der Waals surface area contributed by atoms with E-state index in [1.165, 1.54) is 0 Å². The number of hydrogen-bond acceptors (Lipinski definition) is 5. The van der Waals surface area contributed by atoms with Gasteiger partial charge in [-0.15, -0.1) is 0 Å². The molecule has 0 atom stereocenters. The standard InChI is InChI=1S/C18H24N6S/c1-4-19-15-13(2)12-14-6-5-7-20-16(14)17(15)21-22-18(25)24-10-8-23(3)9-11-24/h5-7H,2,4,8-12H2,1,3H3,(H,22,25)/b19-15?,21-17+. The SMILES string of the molecule is C=C1Cc2cccnc2/C(=N/NC(=S)N2CCN(C)CC2)C1=NCC. The summed E-state index contributed by atoms with van der Waals surface area (Å²) in [7, 11) is 2.12. The molecule has 3 rings (SSSR count). The number of pyridine rings is 1. The summed E-state index contributed by atoms with van der Waals surface area (Å²) in [5, 5.41) is 5.23. The van der Waals surface area contributed by atoms with Gasteiger partial charge in [0, 0.05) is 45.3 Å². The molecule has 0 unspecified atom stereocenters. The number of piperazine rings is 1. The summed E-state index contributed by atoms with van der Waals surface area (Å²) in [4.78, 5) is 13.5. The number of aliphatic imine (C=N–C) groups is 1. The van der Waals surface area contributed by atoms with Gasteiger partial charge in [0.15, 0.2) is 5.11 Å². The number of nitrogens with one attached hydrogen (secondary N) is 1. The first kappa shape index (κ1) is 17.7. The van der Waals surface area contributed by atoms with Crippen LogP contribution in [0, 0.1) is 0 Å². The molecule has 1 aliphatic carbocycles. The molecule has 1 aromatic heterocycles. The number of hydrazone groups is 1. The van der Waals surface area contributed by atoms with Crippen LogP contribution in [0.1, 0.15) is 18.2 Å². The average Bonchev–Trinajstić information content (AvgIpc) is 2.62. The second kappa shape index (κ2) is 7.84. The molecule has 0 spiro atoms. The van der Waals surface area contributed by atoms with E-state index >= 15 is 0 Å². The fourth-order valence-corrected chi connectivity index (χ4v) is 3.25. The number of rotatable bonds is 2. The Morgan fingerprint density at radius 1 is 1.32 bits per heavy atom. The molecule has 132 valence electrons. The molecule has 6 nitrogen and oxygen atoms in total. The molecule has 0 radical (unpaired) electrons. The highest BCUT2D eigenvalue weighted by Gasteiger charge is 2.26. The molecule has 25 heavy (non-hydrogen) atoms. The highest BCUT2D eigenvalue weighted by atomic mass is 32.1. The molecule has 1 fully saturated rings. The topological polar surface area (TPSA) is 56.1 Å². The van der Waals surface area contributed by atoms with E-state index in [-0.39, 0.29) is 0 Å². The highest BCUT2D eigenvalue weighted by Crippen LogP contribution is 2.21. The minimum atomic E-state index is 0.644. The number of likely N-dealkylation sites (N-methyl/N-ethyl adjacent to an activating group) is 1. The minimum absolute atomic E-state index is 0.644. The average molecular weight is 356 g/mol. The van der Waals surface area contributed by atoms with Crippen LogP contribution in [0.2, 0.25) is 0 Å². The van der Waals surface area contributed by atoms with Gasteiger partial charge in [0.1, 0.15) is 5.71 Å². The lowest BCUT2D eigenvalue weighted by atomic mass is 9.89. The quantitative estimate of drug-likeness (QED) is 0.643. The number of hydrogen-bond donors (Lipinski definition) is 1. The van der Waals surface area contributed by atoms with E-state index in [4.69, 9.17) is 12.2 Å². The van der Waals surface area contributed by atoms with E-state index in [1.54, 1.807) is 6.20 Å². The third-order valence-electron chi connectivity index (χ3n) is 4.45. The fraction of sp³-hybridized carbons (Fsp3) is 0.444. The maximum Gasteiger partial charge on any atom is 0.189 e. The first-order valence-corrected chi connectivity index (χ1v) is 8.99. The zero-order valence-corrected chi connectivity index (χ0v) is 15.6. The zero-order chi connectivity index (χ0) is 17.8. The number of aromatic nitrogens is 1. The fourth-order valence-electron chi connectivity index (χ4n) is 3.02. The largest absolute Gasteiger partial charge is 0.345 e. The van der Waals surface area contributed by atoms with Crippen molar-refractivity contribution in [2.45, 2.75) is 13.3 Å². The summed E-state index contributed by atoms with van der Waals surface area (Å²) in [5.41, 5.74) is 7.54. The van der Waals surface area contributed by atoms with Gasteiger partial charge in [-0.1, -0.05) is 12.6 Å². The summed E-state index contributed by atoms with van der Waals surface area (Å²) in [6.07, 6.45) is 2.54. The van der Waals surface area contributed by atoms with Crippen LogP contribution in [0.3, 0.4) is 0 Å². The Balaban J connectivity index is 1.84. The predicted octanol–water partition coefficient (Wildman–Crippen LogP) is 1.48. The van der Waals surface area contributed by atoms with E-state index in [2.05, 4.69) is 50.0 Å². The van der Waals surface area contributed by atoms with Crippen molar-refractivity contribution in [2.24, 2.45) is 10.1 Å². The van der Waals surface area contributed by atoms with E-state index in [0.29, 0.717) is 11.7 Å². The van der Waals surface area contributed by atoms with Crippen LogP contribution < -0.4 is 5.43 Å². The van der Waals surface area contributed by atoms with Crippen molar-refractivity contribution in [3.05, 3.63) is 41.7 Å².